The minimum atomic E-state index is -1.05. The lowest BCUT2D eigenvalue weighted by Gasteiger charge is -2.35. The summed E-state index contributed by atoms with van der Waals surface area (Å²) in [6.45, 7) is 8.78. The minimum absolute atomic E-state index is 0.0558. The molecule has 1 atom stereocenters. The van der Waals surface area contributed by atoms with E-state index in [1.807, 2.05) is 45.0 Å². The summed E-state index contributed by atoms with van der Waals surface area (Å²) in [5, 5.41) is 10.9. The summed E-state index contributed by atoms with van der Waals surface area (Å²) in [4.78, 5) is 34.9. The van der Waals surface area contributed by atoms with Gasteiger partial charge in [-0.25, -0.2) is 4.79 Å². The molecule has 0 saturated carbocycles. The van der Waals surface area contributed by atoms with Gasteiger partial charge >= 0.3 is 6.09 Å². The number of fused-ring (bicyclic) bond motifs is 2. The number of piperidine rings is 1. The van der Waals surface area contributed by atoms with Crippen molar-refractivity contribution in [2.45, 2.75) is 65.0 Å². The molecule has 1 aromatic heterocycles. The van der Waals surface area contributed by atoms with Crippen molar-refractivity contribution in [3.63, 3.8) is 0 Å². The monoisotopic (exact) mass is 499 g/mol. The van der Waals surface area contributed by atoms with Crippen molar-refractivity contribution in [2.75, 3.05) is 18.0 Å². The molecule has 2 aliphatic rings. The van der Waals surface area contributed by atoms with Crippen molar-refractivity contribution in [3.05, 3.63) is 71.4 Å². The van der Waals surface area contributed by atoms with E-state index in [0.717, 1.165) is 61.9 Å². The summed E-state index contributed by atoms with van der Waals surface area (Å²) in [5.41, 5.74) is 3.16. The van der Waals surface area contributed by atoms with Crippen molar-refractivity contribution in [1.29, 1.82) is 0 Å². The molecule has 1 saturated heterocycles. The number of anilines is 1. The number of pyridine rings is 1. The Kier molecular flexibility index (Phi) is 7.04. The van der Waals surface area contributed by atoms with Crippen molar-refractivity contribution in [2.24, 2.45) is 11.8 Å². The molecule has 3 aromatic rings. The highest BCUT2D eigenvalue weighted by Crippen LogP contribution is 2.42. The van der Waals surface area contributed by atoms with Crippen molar-refractivity contribution in [1.82, 2.24) is 9.88 Å². The Balaban J connectivity index is 1.31. The number of rotatable bonds is 6. The Morgan fingerprint density at radius 2 is 1.70 bits per heavy atom. The second-order valence-corrected chi connectivity index (χ2v) is 11.6. The van der Waals surface area contributed by atoms with Crippen LogP contribution in [0.15, 0.2) is 54.6 Å². The fourth-order valence-electron chi connectivity index (χ4n) is 6.08. The van der Waals surface area contributed by atoms with Gasteiger partial charge < -0.3 is 5.11 Å². The Labute approximate surface area is 219 Å². The molecule has 6 heteroatoms. The van der Waals surface area contributed by atoms with Gasteiger partial charge in [-0.2, -0.15) is 0 Å². The molecule has 2 aromatic carbocycles. The highest BCUT2D eigenvalue weighted by atomic mass is 16.4. The number of hydrogen-bond acceptors (Lipinski definition) is 4. The van der Waals surface area contributed by atoms with Gasteiger partial charge in [0.2, 0.25) is 0 Å². The van der Waals surface area contributed by atoms with Gasteiger partial charge in [0, 0.05) is 29.8 Å². The van der Waals surface area contributed by atoms with E-state index in [4.69, 9.17) is 4.98 Å². The van der Waals surface area contributed by atoms with E-state index in [2.05, 4.69) is 35.2 Å². The maximum absolute atomic E-state index is 13.8. The molecule has 0 spiro atoms. The van der Waals surface area contributed by atoms with Crippen molar-refractivity contribution < 1.29 is 14.7 Å². The van der Waals surface area contributed by atoms with Crippen LogP contribution >= 0.6 is 0 Å². The first kappa shape index (κ1) is 25.4. The van der Waals surface area contributed by atoms with Gasteiger partial charge in [-0.15, -0.1) is 0 Å². The normalized spacial score (nSPS) is 18.8. The van der Waals surface area contributed by atoms with Crippen LogP contribution in [0.4, 0.5) is 10.5 Å². The number of hydrogen-bond donors (Lipinski definition) is 1. The zero-order chi connectivity index (χ0) is 26.2. The Bertz CT molecular complexity index is 1290. The van der Waals surface area contributed by atoms with E-state index in [1.165, 1.54) is 10.5 Å². The van der Waals surface area contributed by atoms with E-state index in [0.29, 0.717) is 23.6 Å². The summed E-state index contributed by atoms with van der Waals surface area (Å²) in [5.74, 6) is 0.552. The summed E-state index contributed by atoms with van der Waals surface area (Å²) in [7, 11) is 0. The lowest BCUT2D eigenvalue weighted by Crippen LogP contribution is -2.46. The fourth-order valence-corrected chi connectivity index (χ4v) is 6.08. The molecule has 194 valence electrons. The summed E-state index contributed by atoms with van der Waals surface area (Å²) < 4.78 is 0. The van der Waals surface area contributed by atoms with Gasteiger partial charge in [-0.3, -0.25) is 19.6 Å². The number of nitrogens with zero attached hydrogens (tertiary/aromatic N) is 3. The molecule has 1 unspecified atom stereocenters. The molecule has 2 heterocycles. The molecular formula is C31H37N3O3. The second-order valence-electron chi connectivity index (χ2n) is 11.6. The van der Waals surface area contributed by atoms with Gasteiger partial charge in [0.05, 0.1) is 22.5 Å². The lowest BCUT2D eigenvalue weighted by molar-refractivity contribution is 0.0920. The second kappa shape index (κ2) is 10.3. The number of carbonyl (C=O) groups is 2. The van der Waals surface area contributed by atoms with E-state index in [-0.39, 0.29) is 11.7 Å². The molecule has 6 nitrogen and oxygen atoms in total. The average molecular weight is 500 g/mol. The average Bonchev–Trinajstić information content (AvgIpc) is 3.18. The fraction of sp³-hybridized carbons (Fsp3) is 0.452. The van der Waals surface area contributed by atoms with E-state index >= 15 is 0 Å². The van der Waals surface area contributed by atoms with Crippen LogP contribution in [-0.4, -0.2) is 45.5 Å². The number of carbonyl (C=O) groups excluding carboxylic acids is 1. The van der Waals surface area contributed by atoms with E-state index < -0.39 is 11.6 Å². The van der Waals surface area contributed by atoms with Crippen molar-refractivity contribution in [3.8, 4) is 0 Å². The molecule has 5 rings (SSSR count). The van der Waals surface area contributed by atoms with Gasteiger partial charge in [-0.1, -0.05) is 48.5 Å². The smallest absolute Gasteiger partial charge is 0.412 e. The van der Waals surface area contributed by atoms with Crippen LogP contribution in [-0.2, 0) is 13.0 Å². The van der Waals surface area contributed by atoms with E-state index in [1.54, 1.807) is 0 Å². The summed E-state index contributed by atoms with van der Waals surface area (Å²) in [6, 6.07) is 18.2. The van der Waals surface area contributed by atoms with Crippen LogP contribution in [0.2, 0.25) is 0 Å². The molecule has 1 fully saturated rings. The predicted octanol–water partition coefficient (Wildman–Crippen LogP) is 6.57. The van der Waals surface area contributed by atoms with E-state index in [9.17, 15) is 14.7 Å². The maximum atomic E-state index is 13.8. The number of para-hydroxylation sites is 1. The standard InChI is InChI=1S/C31H37N3O3/c1-31(2,3)34(30(36)37)28-24-11-7-8-12-25(24)32-26-19-23(29(35)27(26)28)14-13-21-15-17-33(18-16-21)20-22-9-5-4-6-10-22/h4-12,21,23H,13-20H2,1-3H3,(H,36,37). The number of ketones is 1. The predicted molar refractivity (Wildman–Crippen MR) is 147 cm³/mol. The van der Waals surface area contributed by atoms with Crippen LogP contribution < -0.4 is 4.90 Å². The van der Waals surface area contributed by atoms with Crippen LogP contribution in [0.5, 0.6) is 0 Å². The molecule has 1 amide bonds. The first-order valence-electron chi connectivity index (χ1n) is 13.5. The Morgan fingerprint density at radius 3 is 2.38 bits per heavy atom. The van der Waals surface area contributed by atoms with Gasteiger partial charge in [-0.05, 0) is 77.1 Å². The number of Topliss-reactive ketones (excluding diaryl/α,β-unsaturated/α-hetero) is 1. The first-order chi connectivity index (χ1) is 17.7. The number of benzene rings is 2. The van der Waals surface area contributed by atoms with Crippen LogP contribution in [0, 0.1) is 11.8 Å². The van der Waals surface area contributed by atoms with Crippen LogP contribution in [0.3, 0.4) is 0 Å². The maximum Gasteiger partial charge on any atom is 0.412 e. The van der Waals surface area contributed by atoms with Gasteiger partial charge in [0.1, 0.15) is 0 Å². The first-order valence-corrected chi connectivity index (χ1v) is 13.5. The molecule has 1 N–H and O–H groups in total. The molecule has 0 bridgehead atoms. The Morgan fingerprint density at radius 1 is 1.03 bits per heavy atom. The summed E-state index contributed by atoms with van der Waals surface area (Å²) in [6.07, 6.45) is 3.72. The third kappa shape index (κ3) is 5.26. The molecule has 1 aliphatic heterocycles. The van der Waals surface area contributed by atoms with Crippen LogP contribution in [0.25, 0.3) is 10.9 Å². The van der Waals surface area contributed by atoms with Gasteiger partial charge in [0.15, 0.2) is 5.78 Å². The molecule has 37 heavy (non-hydrogen) atoms. The van der Waals surface area contributed by atoms with Crippen LogP contribution in [0.1, 0.15) is 68.1 Å². The number of likely N-dealkylation sites (tertiary alicyclic amines) is 1. The topological polar surface area (TPSA) is 73.7 Å². The minimum Gasteiger partial charge on any atom is -0.465 e. The zero-order valence-electron chi connectivity index (χ0n) is 22.1. The Hall–Kier alpha value is -3.25. The molecule has 0 radical (unpaired) electrons. The van der Waals surface area contributed by atoms with Gasteiger partial charge in [0.25, 0.3) is 0 Å². The largest absolute Gasteiger partial charge is 0.465 e. The molecule has 1 aliphatic carbocycles. The molecular weight excluding hydrogens is 462 g/mol. The number of amides is 1. The zero-order valence-corrected chi connectivity index (χ0v) is 22.1. The lowest BCUT2D eigenvalue weighted by atomic mass is 9.87. The third-order valence-corrected chi connectivity index (χ3v) is 7.96. The van der Waals surface area contributed by atoms with Crippen molar-refractivity contribution >= 4 is 28.5 Å². The quantitative estimate of drug-likeness (QED) is 0.415. The highest BCUT2D eigenvalue weighted by Gasteiger charge is 2.40. The number of aromatic nitrogens is 1. The third-order valence-electron chi connectivity index (χ3n) is 7.96. The highest BCUT2D eigenvalue weighted by molar-refractivity contribution is 6.15. The SMILES string of the molecule is CC(C)(C)N(C(=O)O)c1c2c(nc3ccccc13)CC(CCC1CCN(Cc3ccccc3)CC1)C2=O. The summed E-state index contributed by atoms with van der Waals surface area (Å²) >= 11 is 0. The number of carboxylic acid groups (broad SMARTS) is 1.